The van der Waals surface area contributed by atoms with E-state index in [-0.39, 0.29) is 0 Å². The van der Waals surface area contributed by atoms with E-state index in [0.717, 1.165) is 18.4 Å². The Morgan fingerprint density at radius 1 is 1.14 bits per heavy atom. The van der Waals surface area contributed by atoms with Gasteiger partial charge < -0.3 is 10.2 Å². The largest absolute Gasteiger partial charge is 0.312 e. The summed E-state index contributed by atoms with van der Waals surface area (Å²) in [6, 6.07) is 0.654. The minimum absolute atomic E-state index is 0.379. The Morgan fingerprint density at radius 3 is 2.24 bits per heavy atom. The van der Waals surface area contributed by atoms with E-state index in [4.69, 9.17) is 0 Å². The van der Waals surface area contributed by atoms with Crippen molar-refractivity contribution in [3.8, 4) is 0 Å². The maximum atomic E-state index is 3.92. The highest BCUT2D eigenvalue weighted by Gasteiger charge is 2.42. The molecule has 0 aromatic rings. The van der Waals surface area contributed by atoms with Crippen molar-refractivity contribution in [1.29, 1.82) is 0 Å². The van der Waals surface area contributed by atoms with E-state index >= 15 is 0 Å². The maximum Gasteiger partial charge on any atom is 0.0356 e. The predicted octanol–water partition coefficient (Wildman–Crippen LogP) is 4.69. The summed E-state index contributed by atoms with van der Waals surface area (Å²) in [6.07, 6.45) is 10.8. The van der Waals surface area contributed by atoms with Crippen LogP contribution >= 0.6 is 0 Å². The summed E-state index contributed by atoms with van der Waals surface area (Å²) in [4.78, 5) is 2.55. The Hall–Kier alpha value is -0.0800. The number of nitrogens with one attached hydrogen (secondary N) is 1. The van der Waals surface area contributed by atoms with Crippen LogP contribution < -0.4 is 5.32 Å². The smallest absolute Gasteiger partial charge is 0.0356 e. The van der Waals surface area contributed by atoms with Crippen molar-refractivity contribution in [3.63, 3.8) is 0 Å². The van der Waals surface area contributed by atoms with Crippen molar-refractivity contribution in [2.24, 2.45) is 11.8 Å². The fraction of sp³-hybridized carbons (Fsp3) is 1.00. The molecule has 0 spiro atoms. The Balaban J connectivity index is 2.84. The molecule has 0 heterocycles. The average molecular weight is 297 g/mol. The molecule has 0 aliphatic heterocycles. The van der Waals surface area contributed by atoms with Crippen LogP contribution in [0.5, 0.6) is 0 Å². The molecule has 0 radical (unpaired) electrons. The van der Waals surface area contributed by atoms with E-state index in [1.165, 1.54) is 51.4 Å². The van der Waals surface area contributed by atoms with E-state index < -0.39 is 0 Å². The Bertz CT molecular complexity index is 267. The first kappa shape index (κ1) is 19.0. The summed E-state index contributed by atoms with van der Waals surface area (Å²) < 4.78 is 0. The fourth-order valence-electron chi connectivity index (χ4n) is 4.19. The van der Waals surface area contributed by atoms with Crippen LogP contribution in [-0.2, 0) is 0 Å². The normalized spacial score (nSPS) is 29.6. The SMILES string of the molecule is CCCNC(CC(C)CCC)C1(N(C)C)CCC(C)CC1. The first-order chi connectivity index (χ1) is 9.96. The summed E-state index contributed by atoms with van der Waals surface area (Å²) in [6.45, 7) is 10.6. The monoisotopic (exact) mass is 296 g/mol. The zero-order valence-corrected chi connectivity index (χ0v) is 15.5. The second kappa shape index (κ2) is 9.15. The van der Waals surface area contributed by atoms with E-state index in [9.17, 15) is 0 Å². The minimum atomic E-state index is 0.379. The van der Waals surface area contributed by atoms with Gasteiger partial charge in [0.1, 0.15) is 0 Å². The van der Waals surface area contributed by atoms with Crippen molar-refractivity contribution < 1.29 is 0 Å². The van der Waals surface area contributed by atoms with Gasteiger partial charge in [0, 0.05) is 11.6 Å². The van der Waals surface area contributed by atoms with Gasteiger partial charge in [-0.15, -0.1) is 0 Å². The lowest BCUT2D eigenvalue weighted by Gasteiger charge is -2.50. The zero-order valence-electron chi connectivity index (χ0n) is 15.5. The van der Waals surface area contributed by atoms with Gasteiger partial charge in [-0.3, -0.25) is 0 Å². The molecule has 2 atom stereocenters. The van der Waals surface area contributed by atoms with E-state index in [1.54, 1.807) is 0 Å². The highest BCUT2D eigenvalue weighted by molar-refractivity contribution is 5.01. The van der Waals surface area contributed by atoms with Crippen LogP contribution in [0.2, 0.25) is 0 Å². The van der Waals surface area contributed by atoms with Gasteiger partial charge >= 0.3 is 0 Å². The highest BCUT2D eigenvalue weighted by Crippen LogP contribution is 2.39. The maximum absolute atomic E-state index is 3.92. The van der Waals surface area contributed by atoms with Gasteiger partial charge in [-0.05, 0) is 71.0 Å². The van der Waals surface area contributed by atoms with Crippen LogP contribution in [0.3, 0.4) is 0 Å². The minimum Gasteiger partial charge on any atom is -0.312 e. The third-order valence-corrected chi connectivity index (χ3v) is 5.74. The van der Waals surface area contributed by atoms with Crippen molar-refractivity contribution >= 4 is 0 Å². The Morgan fingerprint density at radius 2 is 1.76 bits per heavy atom. The summed E-state index contributed by atoms with van der Waals surface area (Å²) in [5.41, 5.74) is 0.379. The van der Waals surface area contributed by atoms with Crippen LogP contribution in [0, 0.1) is 11.8 Å². The Kier molecular flexibility index (Phi) is 8.26. The molecule has 2 unspecified atom stereocenters. The summed E-state index contributed by atoms with van der Waals surface area (Å²) in [7, 11) is 4.61. The topological polar surface area (TPSA) is 15.3 Å². The third kappa shape index (κ3) is 5.25. The van der Waals surface area contributed by atoms with Crippen molar-refractivity contribution in [3.05, 3.63) is 0 Å². The fourth-order valence-corrected chi connectivity index (χ4v) is 4.19. The van der Waals surface area contributed by atoms with Crippen LogP contribution in [0.1, 0.15) is 79.1 Å². The molecule has 2 heteroatoms. The number of hydrogen-bond acceptors (Lipinski definition) is 2. The highest BCUT2D eigenvalue weighted by atomic mass is 15.2. The van der Waals surface area contributed by atoms with Gasteiger partial charge in [0.05, 0.1) is 0 Å². The number of hydrogen-bond donors (Lipinski definition) is 1. The van der Waals surface area contributed by atoms with Crippen molar-refractivity contribution in [2.75, 3.05) is 20.6 Å². The van der Waals surface area contributed by atoms with Crippen LogP contribution in [0.15, 0.2) is 0 Å². The molecule has 1 saturated carbocycles. The van der Waals surface area contributed by atoms with Crippen molar-refractivity contribution in [2.45, 2.75) is 90.6 Å². The molecule has 0 saturated heterocycles. The van der Waals surface area contributed by atoms with Crippen LogP contribution in [-0.4, -0.2) is 37.1 Å². The van der Waals surface area contributed by atoms with Gasteiger partial charge in [0.15, 0.2) is 0 Å². The standard InChI is InChI=1S/C19H40N2/c1-7-9-17(4)15-18(20-14-8-2)19(21(5)6)12-10-16(3)11-13-19/h16-18,20H,7-15H2,1-6H3. The van der Waals surface area contributed by atoms with Crippen molar-refractivity contribution in [1.82, 2.24) is 10.2 Å². The molecule has 1 aliphatic carbocycles. The lowest BCUT2D eigenvalue weighted by Crippen LogP contribution is -2.61. The van der Waals surface area contributed by atoms with Gasteiger partial charge in [-0.25, -0.2) is 0 Å². The Labute approximate surface area is 134 Å². The predicted molar refractivity (Wildman–Crippen MR) is 94.8 cm³/mol. The number of likely N-dealkylation sites (N-methyl/N-ethyl adjacent to an activating group) is 1. The molecule has 0 aromatic carbocycles. The zero-order chi connectivity index (χ0) is 15.9. The number of rotatable bonds is 9. The van der Waals surface area contributed by atoms with Gasteiger partial charge in [0.2, 0.25) is 0 Å². The number of nitrogens with zero attached hydrogens (tertiary/aromatic N) is 1. The van der Waals surface area contributed by atoms with E-state index in [0.29, 0.717) is 11.6 Å². The summed E-state index contributed by atoms with van der Waals surface area (Å²) >= 11 is 0. The first-order valence-electron chi connectivity index (χ1n) is 9.37. The quantitative estimate of drug-likeness (QED) is 0.664. The lowest BCUT2D eigenvalue weighted by atomic mass is 9.70. The summed E-state index contributed by atoms with van der Waals surface area (Å²) in [5, 5.41) is 3.92. The first-order valence-corrected chi connectivity index (χ1v) is 9.37. The molecular formula is C19H40N2. The van der Waals surface area contributed by atoms with E-state index in [2.05, 4.69) is 52.0 Å². The van der Waals surface area contributed by atoms with Gasteiger partial charge in [-0.1, -0.05) is 40.5 Å². The third-order valence-electron chi connectivity index (χ3n) is 5.74. The molecule has 0 bridgehead atoms. The van der Waals surface area contributed by atoms with E-state index in [1.807, 2.05) is 0 Å². The molecule has 0 amide bonds. The second-order valence-electron chi connectivity index (χ2n) is 7.82. The van der Waals surface area contributed by atoms with Crippen LogP contribution in [0.25, 0.3) is 0 Å². The molecule has 1 fully saturated rings. The molecule has 1 N–H and O–H groups in total. The molecule has 1 rings (SSSR count). The molecule has 0 aromatic heterocycles. The average Bonchev–Trinajstić information content (AvgIpc) is 2.44. The van der Waals surface area contributed by atoms with Gasteiger partial charge in [0.25, 0.3) is 0 Å². The van der Waals surface area contributed by atoms with Gasteiger partial charge in [-0.2, -0.15) is 0 Å². The van der Waals surface area contributed by atoms with Crippen LogP contribution in [0.4, 0.5) is 0 Å². The molecule has 2 nitrogen and oxygen atoms in total. The second-order valence-corrected chi connectivity index (χ2v) is 7.82. The lowest BCUT2D eigenvalue weighted by molar-refractivity contribution is 0.0347. The summed E-state index contributed by atoms with van der Waals surface area (Å²) in [5.74, 6) is 1.75. The molecule has 126 valence electrons. The molecular weight excluding hydrogens is 256 g/mol. The molecule has 1 aliphatic rings. The molecule has 21 heavy (non-hydrogen) atoms.